The van der Waals surface area contributed by atoms with Gasteiger partial charge in [0, 0.05) is 6.04 Å². The second kappa shape index (κ2) is 7.78. The first-order chi connectivity index (χ1) is 8.50. The summed E-state index contributed by atoms with van der Waals surface area (Å²) in [6, 6.07) is -0.205. The number of hydrogen-bond donors (Lipinski definition) is 2. The molecule has 0 radical (unpaired) electrons. The molecule has 1 fully saturated rings. The van der Waals surface area contributed by atoms with E-state index in [1.165, 1.54) is 44.9 Å². The Morgan fingerprint density at radius 1 is 1.28 bits per heavy atom. The molecule has 3 atom stereocenters. The standard InChI is InChI=1S/C15H29NO2/c1-11(10-14(16)12(2)15(17)18)8-9-13-6-4-3-5-7-13/h11-14H,3-10,16H2,1-2H3,(H,17,18). The van der Waals surface area contributed by atoms with Gasteiger partial charge in [0.05, 0.1) is 5.92 Å². The Hall–Kier alpha value is -0.570. The fourth-order valence-corrected chi connectivity index (χ4v) is 2.97. The van der Waals surface area contributed by atoms with E-state index in [2.05, 4.69) is 6.92 Å². The molecule has 1 aliphatic carbocycles. The highest BCUT2D eigenvalue weighted by Crippen LogP contribution is 2.29. The Kier molecular flexibility index (Phi) is 6.69. The summed E-state index contributed by atoms with van der Waals surface area (Å²) in [4.78, 5) is 10.8. The van der Waals surface area contributed by atoms with Gasteiger partial charge in [-0.05, 0) is 18.3 Å². The Labute approximate surface area is 111 Å². The zero-order chi connectivity index (χ0) is 13.5. The second-order valence-corrected chi connectivity index (χ2v) is 6.21. The highest BCUT2D eigenvalue weighted by atomic mass is 16.4. The van der Waals surface area contributed by atoms with Crippen LogP contribution in [0.3, 0.4) is 0 Å². The maximum atomic E-state index is 10.8. The predicted octanol–water partition coefficient (Wildman–Crippen LogP) is 3.42. The fourth-order valence-electron chi connectivity index (χ4n) is 2.97. The van der Waals surface area contributed by atoms with Crippen molar-refractivity contribution in [2.24, 2.45) is 23.5 Å². The first kappa shape index (κ1) is 15.5. The van der Waals surface area contributed by atoms with Crippen LogP contribution >= 0.6 is 0 Å². The van der Waals surface area contributed by atoms with Crippen molar-refractivity contribution in [1.82, 2.24) is 0 Å². The molecule has 106 valence electrons. The topological polar surface area (TPSA) is 63.3 Å². The van der Waals surface area contributed by atoms with Crippen LogP contribution in [0, 0.1) is 17.8 Å². The average molecular weight is 255 g/mol. The average Bonchev–Trinajstić information content (AvgIpc) is 2.36. The van der Waals surface area contributed by atoms with Gasteiger partial charge in [-0.2, -0.15) is 0 Å². The lowest BCUT2D eigenvalue weighted by molar-refractivity contribution is -0.141. The lowest BCUT2D eigenvalue weighted by Gasteiger charge is -2.24. The van der Waals surface area contributed by atoms with Gasteiger partial charge in [-0.3, -0.25) is 4.79 Å². The van der Waals surface area contributed by atoms with E-state index < -0.39 is 11.9 Å². The largest absolute Gasteiger partial charge is 0.481 e. The number of nitrogens with two attached hydrogens (primary N) is 1. The van der Waals surface area contributed by atoms with E-state index in [0.717, 1.165) is 12.3 Å². The highest BCUT2D eigenvalue weighted by molar-refractivity contribution is 5.70. The molecule has 0 aromatic heterocycles. The molecule has 3 unspecified atom stereocenters. The Morgan fingerprint density at radius 2 is 1.89 bits per heavy atom. The van der Waals surface area contributed by atoms with Crippen molar-refractivity contribution in [3.63, 3.8) is 0 Å². The van der Waals surface area contributed by atoms with E-state index in [-0.39, 0.29) is 6.04 Å². The van der Waals surface area contributed by atoms with Gasteiger partial charge in [0.15, 0.2) is 0 Å². The minimum Gasteiger partial charge on any atom is -0.481 e. The van der Waals surface area contributed by atoms with E-state index in [1.807, 2.05) is 0 Å². The zero-order valence-corrected chi connectivity index (χ0v) is 11.9. The number of aliphatic carboxylic acids is 1. The molecule has 0 spiro atoms. The van der Waals surface area contributed by atoms with Crippen LogP contribution in [0.5, 0.6) is 0 Å². The van der Waals surface area contributed by atoms with Gasteiger partial charge in [-0.25, -0.2) is 0 Å². The van der Waals surface area contributed by atoms with E-state index in [9.17, 15) is 4.79 Å². The van der Waals surface area contributed by atoms with Crippen molar-refractivity contribution < 1.29 is 9.90 Å². The third-order valence-electron chi connectivity index (χ3n) is 4.50. The third kappa shape index (κ3) is 5.38. The van der Waals surface area contributed by atoms with Crippen LogP contribution in [0.4, 0.5) is 0 Å². The van der Waals surface area contributed by atoms with Gasteiger partial charge in [0.1, 0.15) is 0 Å². The molecular formula is C15H29NO2. The summed E-state index contributed by atoms with van der Waals surface area (Å²) in [6.45, 7) is 3.91. The molecular weight excluding hydrogens is 226 g/mol. The van der Waals surface area contributed by atoms with Crippen molar-refractivity contribution in [2.45, 2.75) is 71.3 Å². The van der Waals surface area contributed by atoms with E-state index in [4.69, 9.17) is 10.8 Å². The summed E-state index contributed by atoms with van der Waals surface area (Å²) in [5.74, 6) is 0.252. The number of hydrogen-bond acceptors (Lipinski definition) is 2. The molecule has 0 saturated heterocycles. The zero-order valence-electron chi connectivity index (χ0n) is 11.9. The molecule has 1 saturated carbocycles. The predicted molar refractivity (Wildman–Crippen MR) is 74.4 cm³/mol. The molecule has 0 aliphatic heterocycles. The van der Waals surface area contributed by atoms with Crippen molar-refractivity contribution in [3.05, 3.63) is 0 Å². The first-order valence-electron chi connectivity index (χ1n) is 7.49. The first-order valence-corrected chi connectivity index (χ1v) is 7.49. The smallest absolute Gasteiger partial charge is 0.307 e. The number of rotatable bonds is 7. The SMILES string of the molecule is CC(CCC1CCCCC1)CC(N)C(C)C(=O)O. The van der Waals surface area contributed by atoms with Gasteiger partial charge in [0.25, 0.3) is 0 Å². The van der Waals surface area contributed by atoms with Gasteiger partial charge in [0.2, 0.25) is 0 Å². The summed E-state index contributed by atoms with van der Waals surface area (Å²) < 4.78 is 0. The summed E-state index contributed by atoms with van der Waals surface area (Å²) in [5.41, 5.74) is 5.95. The minimum atomic E-state index is -0.776. The van der Waals surface area contributed by atoms with Gasteiger partial charge < -0.3 is 10.8 Å². The van der Waals surface area contributed by atoms with E-state index in [0.29, 0.717) is 5.92 Å². The van der Waals surface area contributed by atoms with E-state index >= 15 is 0 Å². The molecule has 1 rings (SSSR count). The lowest BCUT2D eigenvalue weighted by Crippen LogP contribution is -2.35. The van der Waals surface area contributed by atoms with Crippen molar-refractivity contribution >= 4 is 5.97 Å². The summed E-state index contributed by atoms with van der Waals surface area (Å²) in [5, 5.41) is 8.92. The summed E-state index contributed by atoms with van der Waals surface area (Å²) >= 11 is 0. The highest BCUT2D eigenvalue weighted by Gasteiger charge is 2.22. The molecule has 18 heavy (non-hydrogen) atoms. The van der Waals surface area contributed by atoms with Crippen LogP contribution in [-0.2, 0) is 4.79 Å². The maximum Gasteiger partial charge on any atom is 0.307 e. The Morgan fingerprint density at radius 3 is 2.44 bits per heavy atom. The molecule has 0 aromatic rings. The molecule has 3 nitrogen and oxygen atoms in total. The molecule has 0 heterocycles. The van der Waals surface area contributed by atoms with Gasteiger partial charge in [-0.15, -0.1) is 0 Å². The molecule has 3 N–H and O–H groups in total. The van der Waals surface area contributed by atoms with Crippen LogP contribution in [0.1, 0.15) is 65.2 Å². The van der Waals surface area contributed by atoms with Crippen LogP contribution in [0.2, 0.25) is 0 Å². The van der Waals surface area contributed by atoms with Crippen molar-refractivity contribution in [1.29, 1.82) is 0 Å². The van der Waals surface area contributed by atoms with Gasteiger partial charge in [-0.1, -0.05) is 58.8 Å². The van der Waals surface area contributed by atoms with Crippen molar-refractivity contribution in [3.8, 4) is 0 Å². The quantitative estimate of drug-likeness (QED) is 0.732. The normalized spacial score (nSPS) is 22.4. The fraction of sp³-hybridized carbons (Fsp3) is 0.933. The molecule has 0 aromatic carbocycles. The maximum absolute atomic E-state index is 10.8. The number of carboxylic acids is 1. The monoisotopic (exact) mass is 255 g/mol. The lowest BCUT2D eigenvalue weighted by atomic mass is 9.82. The number of carboxylic acid groups (broad SMARTS) is 1. The van der Waals surface area contributed by atoms with E-state index in [1.54, 1.807) is 6.92 Å². The Balaban J connectivity index is 2.19. The summed E-state index contributed by atoms with van der Waals surface area (Å²) in [7, 11) is 0. The van der Waals surface area contributed by atoms with Crippen LogP contribution in [-0.4, -0.2) is 17.1 Å². The summed E-state index contributed by atoms with van der Waals surface area (Å²) in [6.07, 6.45) is 10.3. The van der Waals surface area contributed by atoms with Crippen LogP contribution in [0.25, 0.3) is 0 Å². The molecule has 0 amide bonds. The molecule has 1 aliphatic rings. The van der Waals surface area contributed by atoms with Crippen LogP contribution in [0.15, 0.2) is 0 Å². The Bertz CT molecular complexity index is 249. The van der Waals surface area contributed by atoms with Crippen LogP contribution < -0.4 is 5.73 Å². The second-order valence-electron chi connectivity index (χ2n) is 6.21. The molecule has 0 bridgehead atoms. The van der Waals surface area contributed by atoms with Crippen molar-refractivity contribution in [2.75, 3.05) is 0 Å². The molecule has 3 heteroatoms. The van der Waals surface area contributed by atoms with Gasteiger partial charge >= 0.3 is 5.97 Å². The number of carbonyl (C=O) groups is 1. The third-order valence-corrected chi connectivity index (χ3v) is 4.50. The minimum absolute atomic E-state index is 0.205.